The summed E-state index contributed by atoms with van der Waals surface area (Å²) in [6.45, 7) is 5.64. The van der Waals surface area contributed by atoms with Gasteiger partial charge in [-0.1, -0.05) is 0 Å². The first-order valence-electron chi connectivity index (χ1n) is 8.32. The predicted molar refractivity (Wildman–Crippen MR) is 100 cm³/mol. The van der Waals surface area contributed by atoms with Gasteiger partial charge < -0.3 is 5.32 Å². The lowest BCUT2D eigenvalue weighted by Gasteiger charge is -2.30. The number of likely N-dealkylation sites (tertiary alicyclic amines) is 1. The van der Waals surface area contributed by atoms with Crippen molar-refractivity contribution >= 4 is 46.5 Å². The molecule has 7 nitrogen and oxygen atoms in total. The fourth-order valence-corrected chi connectivity index (χ4v) is 4.42. The number of imide groups is 1. The van der Waals surface area contributed by atoms with Crippen LogP contribution in [0, 0.1) is 11.3 Å². The van der Waals surface area contributed by atoms with Crippen LogP contribution in [0.2, 0.25) is 0 Å². The zero-order chi connectivity index (χ0) is 18.1. The van der Waals surface area contributed by atoms with Crippen LogP contribution in [0.15, 0.2) is 0 Å². The van der Waals surface area contributed by atoms with Crippen molar-refractivity contribution in [2.45, 2.75) is 45.7 Å². The maximum absolute atomic E-state index is 12.2. The summed E-state index contributed by atoms with van der Waals surface area (Å²) < 4.78 is 0. The van der Waals surface area contributed by atoms with Crippen LogP contribution in [0.25, 0.3) is 0 Å². The molecule has 2 aliphatic rings. The van der Waals surface area contributed by atoms with Gasteiger partial charge in [0.15, 0.2) is 0 Å². The molecule has 0 bridgehead atoms. The Kier molecular flexibility index (Phi) is 6.39. The van der Waals surface area contributed by atoms with E-state index in [2.05, 4.69) is 30.1 Å². The van der Waals surface area contributed by atoms with E-state index in [0.29, 0.717) is 16.6 Å². The van der Waals surface area contributed by atoms with E-state index in [4.69, 9.17) is 0 Å². The van der Waals surface area contributed by atoms with E-state index in [1.54, 1.807) is 0 Å². The lowest BCUT2D eigenvalue weighted by Crippen LogP contribution is -2.36. The number of carbonyl (C=O) groups excluding carboxylic acids is 3. The molecule has 1 aromatic heterocycles. The number of halogens is 1. The van der Waals surface area contributed by atoms with E-state index >= 15 is 0 Å². The Balaban J connectivity index is 0.00000243. The number of thiophene rings is 1. The molecule has 3 heterocycles. The molecule has 2 aliphatic heterocycles. The molecule has 9 heteroatoms. The maximum Gasteiger partial charge on any atom is 0.245 e. The molecule has 3 amide bonds. The number of anilines is 1. The monoisotopic (exact) mass is 396 g/mol. The Morgan fingerprint density at radius 2 is 1.92 bits per heavy atom. The summed E-state index contributed by atoms with van der Waals surface area (Å²) in [4.78, 5) is 39.9. The molecule has 1 fully saturated rings. The van der Waals surface area contributed by atoms with E-state index in [0.717, 1.165) is 34.9 Å². The molecule has 1 N–H and O–H groups in total. The number of fused-ring (bicyclic) bond motifs is 1. The van der Waals surface area contributed by atoms with Crippen molar-refractivity contribution in [2.75, 3.05) is 18.4 Å². The lowest BCUT2D eigenvalue weighted by molar-refractivity contribution is -0.141. The number of hydrogen-bond donors (Lipinski definition) is 1. The highest BCUT2D eigenvalue weighted by molar-refractivity contribution is 7.16. The maximum atomic E-state index is 12.2. The molecule has 0 radical (unpaired) electrons. The smallest absolute Gasteiger partial charge is 0.245 e. The lowest BCUT2D eigenvalue weighted by atomic mass is 10.0. The molecule has 3 rings (SSSR count). The highest BCUT2D eigenvalue weighted by atomic mass is 35.5. The second kappa shape index (κ2) is 8.16. The second-order valence-electron chi connectivity index (χ2n) is 6.56. The van der Waals surface area contributed by atoms with Gasteiger partial charge in [-0.15, -0.1) is 23.7 Å². The van der Waals surface area contributed by atoms with Crippen LogP contribution in [-0.4, -0.2) is 46.7 Å². The van der Waals surface area contributed by atoms with E-state index in [9.17, 15) is 19.6 Å². The number of amides is 3. The highest BCUT2D eigenvalue weighted by Crippen LogP contribution is 2.37. The van der Waals surface area contributed by atoms with Crippen molar-refractivity contribution in [1.82, 2.24) is 9.80 Å². The Morgan fingerprint density at radius 1 is 1.27 bits per heavy atom. The fourth-order valence-electron chi connectivity index (χ4n) is 3.18. The number of nitrogens with one attached hydrogen (secondary N) is 1. The van der Waals surface area contributed by atoms with E-state index in [-0.39, 0.29) is 43.6 Å². The number of rotatable bonds is 4. The van der Waals surface area contributed by atoms with Crippen LogP contribution >= 0.6 is 23.7 Å². The summed E-state index contributed by atoms with van der Waals surface area (Å²) in [5, 5.41) is 12.7. The third-order valence-corrected chi connectivity index (χ3v) is 5.77. The van der Waals surface area contributed by atoms with Crippen LogP contribution in [0.3, 0.4) is 0 Å². The number of nitrogens with zero attached hydrogens (tertiary/aromatic N) is 3. The molecule has 140 valence electrons. The van der Waals surface area contributed by atoms with Crippen LogP contribution < -0.4 is 5.32 Å². The molecular formula is C17H21ClN4O3S. The van der Waals surface area contributed by atoms with Gasteiger partial charge in [0.2, 0.25) is 17.7 Å². The SMILES string of the molecule is CC(C)N1CCc2c(sc(NC(=O)CN3C(=O)CCC3=O)c2C#N)C1.Cl. The minimum absolute atomic E-state index is 0. The molecule has 1 aromatic rings. The number of hydrogen-bond acceptors (Lipinski definition) is 6. The number of nitriles is 1. The first kappa shape index (κ1) is 20.4. The van der Waals surface area contributed by atoms with Crippen LogP contribution in [0.1, 0.15) is 42.7 Å². The van der Waals surface area contributed by atoms with Gasteiger partial charge in [0.05, 0.1) is 5.56 Å². The Morgan fingerprint density at radius 3 is 2.50 bits per heavy atom. The van der Waals surface area contributed by atoms with E-state index in [1.807, 2.05) is 0 Å². The number of carbonyl (C=O) groups is 3. The van der Waals surface area contributed by atoms with Crippen LogP contribution in [0.4, 0.5) is 5.00 Å². The molecule has 1 saturated heterocycles. The van der Waals surface area contributed by atoms with E-state index in [1.165, 1.54) is 11.3 Å². The first-order chi connectivity index (χ1) is 11.9. The van der Waals surface area contributed by atoms with Gasteiger partial charge in [-0.2, -0.15) is 5.26 Å². The van der Waals surface area contributed by atoms with Gasteiger partial charge >= 0.3 is 0 Å². The summed E-state index contributed by atoms with van der Waals surface area (Å²) in [6.07, 6.45) is 1.10. The molecule has 0 aliphatic carbocycles. The van der Waals surface area contributed by atoms with Crippen molar-refractivity contribution in [3.8, 4) is 6.07 Å². The molecule has 0 aromatic carbocycles. The molecule has 0 spiro atoms. The van der Waals surface area contributed by atoms with Crippen molar-refractivity contribution in [1.29, 1.82) is 5.26 Å². The standard InChI is InChI=1S/C17H20N4O3S.ClH/c1-10(2)20-6-5-11-12(7-18)17(25-13(11)8-20)19-14(22)9-21-15(23)3-4-16(21)24;/h10H,3-6,8-9H2,1-2H3,(H,19,22);1H. The van der Waals surface area contributed by atoms with Crippen LogP contribution in [0.5, 0.6) is 0 Å². The summed E-state index contributed by atoms with van der Waals surface area (Å²) in [5.74, 6) is -1.09. The summed E-state index contributed by atoms with van der Waals surface area (Å²) in [5.41, 5.74) is 1.52. The molecule has 0 atom stereocenters. The van der Waals surface area contributed by atoms with Gasteiger partial charge in [0.25, 0.3) is 0 Å². The van der Waals surface area contributed by atoms with Gasteiger partial charge in [-0.25, -0.2) is 0 Å². The summed E-state index contributed by atoms with van der Waals surface area (Å²) in [6, 6.07) is 2.62. The largest absolute Gasteiger partial charge is 0.315 e. The topological polar surface area (TPSA) is 93.5 Å². The van der Waals surface area contributed by atoms with Gasteiger partial charge in [0, 0.05) is 36.9 Å². The predicted octanol–water partition coefficient (Wildman–Crippen LogP) is 1.90. The summed E-state index contributed by atoms with van der Waals surface area (Å²) >= 11 is 1.41. The summed E-state index contributed by atoms with van der Waals surface area (Å²) in [7, 11) is 0. The van der Waals surface area contributed by atoms with Gasteiger partial charge in [-0.05, 0) is 25.8 Å². The Hall–Kier alpha value is -1.95. The zero-order valence-corrected chi connectivity index (χ0v) is 16.3. The fraction of sp³-hybridized carbons (Fsp3) is 0.529. The van der Waals surface area contributed by atoms with Crippen molar-refractivity contribution in [3.63, 3.8) is 0 Å². The first-order valence-corrected chi connectivity index (χ1v) is 9.14. The minimum atomic E-state index is -0.445. The highest BCUT2D eigenvalue weighted by Gasteiger charge is 2.31. The molecule has 0 unspecified atom stereocenters. The average molecular weight is 397 g/mol. The molecule has 26 heavy (non-hydrogen) atoms. The van der Waals surface area contributed by atoms with Crippen molar-refractivity contribution < 1.29 is 14.4 Å². The normalized spacial score (nSPS) is 17.1. The third-order valence-electron chi connectivity index (χ3n) is 4.64. The average Bonchev–Trinajstić information content (AvgIpc) is 3.07. The van der Waals surface area contributed by atoms with Gasteiger partial charge in [-0.3, -0.25) is 24.2 Å². The molecule has 0 saturated carbocycles. The Labute approximate surface area is 162 Å². The minimum Gasteiger partial charge on any atom is -0.315 e. The third kappa shape index (κ3) is 3.90. The van der Waals surface area contributed by atoms with E-state index < -0.39 is 5.91 Å². The quantitative estimate of drug-likeness (QED) is 0.784. The zero-order valence-electron chi connectivity index (χ0n) is 14.7. The second-order valence-corrected chi connectivity index (χ2v) is 7.66. The Bertz CT molecular complexity index is 768. The van der Waals surface area contributed by atoms with Crippen molar-refractivity contribution in [3.05, 3.63) is 16.0 Å². The molecular weight excluding hydrogens is 376 g/mol. The van der Waals surface area contributed by atoms with Crippen molar-refractivity contribution in [2.24, 2.45) is 0 Å². The van der Waals surface area contributed by atoms with Crippen LogP contribution in [-0.2, 0) is 27.3 Å². The van der Waals surface area contributed by atoms with Gasteiger partial charge in [0.1, 0.15) is 17.6 Å².